The molecular formula is C23H24N4O2. The second-order valence-corrected chi connectivity index (χ2v) is 6.57. The molecular weight excluding hydrogens is 364 g/mol. The molecule has 6 heteroatoms. The van der Waals surface area contributed by atoms with E-state index in [9.17, 15) is 9.59 Å². The lowest BCUT2D eigenvalue weighted by Gasteiger charge is -2.19. The molecule has 0 aliphatic carbocycles. The lowest BCUT2D eigenvalue weighted by molar-refractivity contribution is -0.123. The van der Waals surface area contributed by atoms with Gasteiger partial charge in [-0.15, -0.1) is 0 Å². The van der Waals surface area contributed by atoms with Gasteiger partial charge < -0.3 is 10.6 Å². The van der Waals surface area contributed by atoms with E-state index in [1.54, 1.807) is 18.3 Å². The van der Waals surface area contributed by atoms with Crippen molar-refractivity contribution in [1.29, 1.82) is 0 Å². The third kappa shape index (κ3) is 6.55. The van der Waals surface area contributed by atoms with Crippen LogP contribution in [0.4, 0.5) is 0 Å². The van der Waals surface area contributed by atoms with Crippen LogP contribution in [-0.2, 0) is 17.8 Å². The highest BCUT2D eigenvalue weighted by Gasteiger charge is 2.18. The number of nitrogens with one attached hydrogen (secondary N) is 3. The van der Waals surface area contributed by atoms with Crippen LogP contribution in [0.2, 0.25) is 0 Å². The summed E-state index contributed by atoms with van der Waals surface area (Å²) in [5, 5.41) is 8.88. The summed E-state index contributed by atoms with van der Waals surface area (Å²) >= 11 is 0. The average molecular weight is 388 g/mol. The number of benzene rings is 2. The van der Waals surface area contributed by atoms with Crippen molar-refractivity contribution in [3.63, 3.8) is 0 Å². The zero-order chi connectivity index (χ0) is 20.3. The van der Waals surface area contributed by atoms with E-state index >= 15 is 0 Å². The van der Waals surface area contributed by atoms with Gasteiger partial charge in [0.2, 0.25) is 5.91 Å². The highest BCUT2D eigenvalue weighted by Crippen LogP contribution is 2.04. The number of hydrogen-bond acceptors (Lipinski definition) is 4. The van der Waals surface area contributed by atoms with E-state index in [0.717, 1.165) is 11.1 Å². The molecule has 0 aliphatic rings. The van der Waals surface area contributed by atoms with Crippen LogP contribution in [0.25, 0.3) is 0 Å². The third-order valence-electron chi connectivity index (χ3n) is 4.43. The van der Waals surface area contributed by atoms with Crippen molar-refractivity contribution >= 4 is 11.8 Å². The van der Waals surface area contributed by atoms with Gasteiger partial charge in [0.15, 0.2) is 0 Å². The first-order chi connectivity index (χ1) is 14.2. The molecule has 2 aromatic carbocycles. The molecule has 0 bridgehead atoms. The number of nitrogens with zero attached hydrogens (tertiary/aromatic N) is 1. The highest BCUT2D eigenvalue weighted by molar-refractivity contribution is 5.93. The number of hydrogen-bond donors (Lipinski definition) is 3. The monoisotopic (exact) mass is 388 g/mol. The highest BCUT2D eigenvalue weighted by atomic mass is 16.2. The van der Waals surface area contributed by atoms with Crippen LogP contribution in [0.1, 0.15) is 21.5 Å². The fourth-order valence-corrected chi connectivity index (χ4v) is 2.87. The summed E-state index contributed by atoms with van der Waals surface area (Å²) in [6.45, 7) is 0.624. The van der Waals surface area contributed by atoms with Gasteiger partial charge in [-0.2, -0.15) is 0 Å². The Bertz CT molecular complexity index is 902. The zero-order valence-corrected chi connectivity index (χ0v) is 16.0. The topological polar surface area (TPSA) is 83.1 Å². The molecule has 0 spiro atoms. The standard InChI is InChI=1S/C23H24N4O2/c28-22(20-12-7-13-24-16-20)27-17-26-21(14-18-8-3-1-4-9-18)23(29)25-15-19-10-5-2-6-11-19/h1-13,16,21,26H,14-15,17H2,(H,25,29)(H,27,28)/t21-/m1/s1. The summed E-state index contributed by atoms with van der Waals surface area (Å²) in [6, 6.07) is 22.5. The van der Waals surface area contributed by atoms with Gasteiger partial charge in [-0.05, 0) is 29.7 Å². The summed E-state index contributed by atoms with van der Waals surface area (Å²) in [4.78, 5) is 28.9. The SMILES string of the molecule is O=C(NCN[C@H](Cc1ccccc1)C(=O)NCc1ccccc1)c1cccnc1. The van der Waals surface area contributed by atoms with Crippen molar-refractivity contribution < 1.29 is 9.59 Å². The zero-order valence-electron chi connectivity index (χ0n) is 16.0. The van der Waals surface area contributed by atoms with Gasteiger partial charge in [0, 0.05) is 18.9 Å². The molecule has 0 fully saturated rings. The van der Waals surface area contributed by atoms with Crippen LogP contribution < -0.4 is 16.0 Å². The summed E-state index contributed by atoms with van der Waals surface area (Å²) in [5.41, 5.74) is 2.55. The molecule has 2 amide bonds. The van der Waals surface area contributed by atoms with Crippen molar-refractivity contribution in [1.82, 2.24) is 20.9 Å². The largest absolute Gasteiger partial charge is 0.351 e. The minimum atomic E-state index is -0.477. The fraction of sp³-hybridized carbons (Fsp3) is 0.174. The minimum Gasteiger partial charge on any atom is -0.351 e. The van der Waals surface area contributed by atoms with Crippen LogP contribution in [0.3, 0.4) is 0 Å². The first-order valence-corrected chi connectivity index (χ1v) is 9.49. The number of pyridine rings is 1. The molecule has 1 aromatic heterocycles. The number of amides is 2. The van der Waals surface area contributed by atoms with Gasteiger partial charge in [-0.3, -0.25) is 19.9 Å². The van der Waals surface area contributed by atoms with Crippen LogP contribution in [0.15, 0.2) is 85.2 Å². The molecule has 0 radical (unpaired) electrons. The molecule has 3 N–H and O–H groups in total. The summed E-state index contributed by atoms with van der Waals surface area (Å²) in [6.07, 6.45) is 3.63. The van der Waals surface area contributed by atoms with Crippen LogP contribution >= 0.6 is 0 Å². The van der Waals surface area contributed by atoms with Crippen molar-refractivity contribution in [3.8, 4) is 0 Å². The fourth-order valence-electron chi connectivity index (χ4n) is 2.87. The first-order valence-electron chi connectivity index (χ1n) is 9.49. The van der Waals surface area contributed by atoms with E-state index in [1.807, 2.05) is 60.7 Å². The Labute approximate surface area is 170 Å². The molecule has 3 rings (SSSR count). The third-order valence-corrected chi connectivity index (χ3v) is 4.43. The molecule has 0 unspecified atom stereocenters. The second-order valence-electron chi connectivity index (χ2n) is 6.57. The maximum atomic E-state index is 12.8. The second kappa shape index (κ2) is 10.7. The van der Waals surface area contributed by atoms with Crippen LogP contribution in [0.5, 0.6) is 0 Å². The Balaban J connectivity index is 1.58. The maximum Gasteiger partial charge on any atom is 0.253 e. The van der Waals surface area contributed by atoms with E-state index in [0.29, 0.717) is 18.5 Å². The number of aromatic nitrogens is 1. The normalized spacial score (nSPS) is 11.4. The van der Waals surface area contributed by atoms with Gasteiger partial charge >= 0.3 is 0 Å². The Morgan fingerprint density at radius 1 is 0.828 bits per heavy atom. The smallest absolute Gasteiger partial charge is 0.253 e. The molecule has 0 saturated heterocycles. The summed E-state index contributed by atoms with van der Waals surface area (Å²) in [7, 11) is 0. The van der Waals surface area contributed by atoms with Crippen molar-refractivity contribution in [2.75, 3.05) is 6.67 Å². The summed E-state index contributed by atoms with van der Waals surface area (Å²) < 4.78 is 0. The average Bonchev–Trinajstić information content (AvgIpc) is 2.78. The minimum absolute atomic E-state index is 0.117. The van der Waals surface area contributed by atoms with Gasteiger partial charge in [0.1, 0.15) is 0 Å². The Morgan fingerprint density at radius 3 is 2.17 bits per heavy atom. The van der Waals surface area contributed by atoms with E-state index in [1.165, 1.54) is 6.20 Å². The Morgan fingerprint density at radius 2 is 1.52 bits per heavy atom. The van der Waals surface area contributed by atoms with Gasteiger partial charge in [0.05, 0.1) is 18.3 Å². The van der Waals surface area contributed by atoms with E-state index in [2.05, 4.69) is 20.9 Å². The predicted octanol–water partition coefficient (Wildman–Crippen LogP) is 2.29. The molecule has 6 nitrogen and oxygen atoms in total. The molecule has 148 valence electrons. The predicted molar refractivity (Wildman–Crippen MR) is 112 cm³/mol. The molecule has 29 heavy (non-hydrogen) atoms. The maximum absolute atomic E-state index is 12.8. The molecule has 0 aliphatic heterocycles. The summed E-state index contributed by atoms with van der Waals surface area (Å²) in [5.74, 6) is -0.359. The van der Waals surface area contributed by atoms with Crippen molar-refractivity contribution in [2.24, 2.45) is 0 Å². The Hall–Kier alpha value is -3.51. The van der Waals surface area contributed by atoms with Gasteiger partial charge in [-0.1, -0.05) is 60.7 Å². The van der Waals surface area contributed by atoms with Crippen molar-refractivity contribution in [3.05, 3.63) is 102 Å². The molecule has 1 atom stereocenters. The lowest BCUT2D eigenvalue weighted by atomic mass is 10.1. The van der Waals surface area contributed by atoms with E-state index in [4.69, 9.17) is 0 Å². The van der Waals surface area contributed by atoms with Gasteiger partial charge in [0.25, 0.3) is 5.91 Å². The molecule has 0 saturated carbocycles. The van der Waals surface area contributed by atoms with E-state index in [-0.39, 0.29) is 18.5 Å². The van der Waals surface area contributed by atoms with Crippen LogP contribution in [-0.4, -0.2) is 29.5 Å². The number of rotatable bonds is 9. The van der Waals surface area contributed by atoms with Crippen LogP contribution in [0, 0.1) is 0 Å². The number of carbonyl (C=O) groups excluding carboxylic acids is 2. The quantitative estimate of drug-likeness (QED) is 0.491. The van der Waals surface area contributed by atoms with Gasteiger partial charge in [-0.25, -0.2) is 0 Å². The molecule has 3 aromatic rings. The number of carbonyl (C=O) groups is 2. The first kappa shape index (κ1) is 20.2. The van der Waals surface area contributed by atoms with Crippen molar-refractivity contribution in [2.45, 2.75) is 19.0 Å². The van der Waals surface area contributed by atoms with E-state index < -0.39 is 6.04 Å². The lowest BCUT2D eigenvalue weighted by Crippen LogP contribution is -2.49. The Kier molecular flexibility index (Phi) is 7.48. The molecule has 1 heterocycles.